The number of benzene rings is 1. The Bertz CT molecular complexity index is 1440. The van der Waals surface area contributed by atoms with Crippen LogP contribution in [0.25, 0.3) is 16.8 Å². The second kappa shape index (κ2) is 8.13. The fourth-order valence-electron chi connectivity index (χ4n) is 3.47. The van der Waals surface area contributed by atoms with Gasteiger partial charge in [0.15, 0.2) is 10.0 Å². The van der Waals surface area contributed by atoms with E-state index in [0.29, 0.717) is 21.0 Å². The van der Waals surface area contributed by atoms with Gasteiger partial charge < -0.3 is 5.11 Å². The first-order chi connectivity index (χ1) is 15.0. The number of fused-ring (bicyclic) bond motifs is 1. The van der Waals surface area contributed by atoms with Crippen LogP contribution in [0.15, 0.2) is 45.9 Å². The molecule has 0 unspecified atom stereocenters. The van der Waals surface area contributed by atoms with Gasteiger partial charge in [-0.2, -0.15) is 22.1 Å². The zero-order valence-corrected chi connectivity index (χ0v) is 19.2. The van der Waals surface area contributed by atoms with Gasteiger partial charge in [-0.05, 0) is 35.0 Å². The molecule has 4 aromatic rings. The number of alkyl halides is 3. The molecule has 32 heavy (non-hydrogen) atoms. The summed E-state index contributed by atoms with van der Waals surface area (Å²) in [7, 11) is 0. The fraction of sp³-hybridized carbons (Fsp3) is 0.150. The number of hydrogen-bond acceptors (Lipinski definition) is 4. The molecule has 3 heterocycles. The summed E-state index contributed by atoms with van der Waals surface area (Å²) in [5.74, 6) is -2.32. The molecule has 3 aromatic heterocycles. The molecule has 0 amide bonds. The highest BCUT2D eigenvalue weighted by Crippen LogP contribution is 2.36. The van der Waals surface area contributed by atoms with Crippen molar-refractivity contribution in [2.24, 2.45) is 0 Å². The molecule has 5 nitrogen and oxygen atoms in total. The van der Waals surface area contributed by atoms with Crippen LogP contribution in [0.1, 0.15) is 16.0 Å². The SMILES string of the molecule is Cc1cc(Br)cn2c(=O)c(-c3cccc(C(F)(F)F)c3F)c(O)[n+](Cc3cnc(Cl)s3)c12. The molecule has 0 fully saturated rings. The third kappa shape index (κ3) is 3.89. The fourth-order valence-corrected chi connectivity index (χ4v) is 4.99. The summed E-state index contributed by atoms with van der Waals surface area (Å²) in [6.07, 6.45) is -2.10. The summed E-state index contributed by atoms with van der Waals surface area (Å²) in [4.78, 5) is 17.8. The van der Waals surface area contributed by atoms with Crippen LogP contribution in [0.5, 0.6) is 5.88 Å². The molecule has 4 rings (SSSR count). The number of aryl methyl sites for hydroxylation is 1. The van der Waals surface area contributed by atoms with E-state index in [9.17, 15) is 27.5 Å². The first-order valence-electron chi connectivity index (χ1n) is 8.92. The highest BCUT2D eigenvalue weighted by molar-refractivity contribution is 9.10. The number of aromatic nitrogens is 3. The summed E-state index contributed by atoms with van der Waals surface area (Å²) in [6.45, 7) is 1.69. The van der Waals surface area contributed by atoms with Crippen LogP contribution in [-0.2, 0) is 12.7 Å². The topological polar surface area (TPSA) is 58.5 Å². The van der Waals surface area contributed by atoms with Gasteiger partial charge in [0.2, 0.25) is 0 Å². The van der Waals surface area contributed by atoms with Crippen molar-refractivity contribution in [2.75, 3.05) is 0 Å². The molecule has 0 saturated heterocycles. The molecular formula is C20H12BrClF4N3O2S+. The summed E-state index contributed by atoms with van der Waals surface area (Å²) in [6, 6.07) is 4.28. The van der Waals surface area contributed by atoms with Gasteiger partial charge in [-0.15, -0.1) is 11.3 Å². The van der Waals surface area contributed by atoms with Crippen LogP contribution in [0, 0.1) is 12.7 Å². The second-order valence-corrected chi connectivity index (χ2v) is 9.48. The van der Waals surface area contributed by atoms with Crippen LogP contribution in [0.3, 0.4) is 0 Å². The Balaban J connectivity index is 2.11. The lowest BCUT2D eigenvalue weighted by Gasteiger charge is -2.13. The molecule has 0 aliphatic rings. The maximum absolute atomic E-state index is 14.9. The Labute approximate surface area is 195 Å². The molecule has 0 atom stereocenters. The van der Waals surface area contributed by atoms with Crippen molar-refractivity contribution in [1.82, 2.24) is 9.38 Å². The number of thiazole rings is 1. The second-order valence-electron chi connectivity index (χ2n) is 6.87. The Kier molecular flexibility index (Phi) is 5.76. The van der Waals surface area contributed by atoms with Crippen molar-refractivity contribution in [3.63, 3.8) is 0 Å². The predicted molar refractivity (Wildman–Crippen MR) is 115 cm³/mol. The van der Waals surface area contributed by atoms with Crippen molar-refractivity contribution in [3.8, 4) is 17.0 Å². The molecular weight excluding hydrogens is 538 g/mol. The Morgan fingerprint density at radius 3 is 2.69 bits per heavy atom. The summed E-state index contributed by atoms with van der Waals surface area (Å²) >= 11 is 10.3. The molecule has 0 bridgehead atoms. The Morgan fingerprint density at radius 2 is 2.06 bits per heavy atom. The van der Waals surface area contributed by atoms with E-state index in [0.717, 1.165) is 27.9 Å². The van der Waals surface area contributed by atoms with E-state index in [1.807, 2.05) is 0 Å². The van der Waals surface area contributed by atoms with Gasteiger partial charge in [-0.25, -0.2) is 14.2 Å². The summed E-state index contributed by atoms with van der Waals surface area (Å²) in [5.41, 5.74) is -2.82. The van der Waals surface area contributed by atoms with Crippen LogP contribution in [-0.4, -0.2) is 14.5 Å². The summed E-state index contributed by atoms with van der Waals surface area (Å²) < 4.78 is 57.9. The van der Waals surface area contributed by atoms with E-state index in [2.05, 4.69) is 20.9 Å². The molecule has 166 valence electrons. The van der Waals surface area contributed by atoms with Crippen LogP contribution in [0.2, 0.25) is 4.47 Å². The van der Waals surface area contributed by atoms with E-state index in [-0.39, 0.29) is 16.7 Å². The van der Waals surface area contributed by atoms with Gasteiger partial charge in [0, 0.05) is 17.3 Å². The smallest absolute Gasteiger partial charge is 0.419 e. The molecule has 12 heteroatoms. The maximum atomic E-state index is 14.9. The van der Waals surface area contributed by atoms with Crippen LogP contribution < -0.4 is 10.1 Å². The van der Waals surface area contributed by atoms with E-state index in [1.54, 1.807) is 13.0 Å². The lowest BCUT2D eigenvalue weighted by molar-refractivity contribution is -0.671. The minimum absolute atomic E-state index is 0.00392. The normalized spacial score (nSPS) is 12.0. The standard InChI is InChI=1S/C20H11BrClF4N3O2S/c1-9-5-10(21)7-28-16(9)29(8-11-6-27-19(22)32-11)18(31)14(17(28)30)12-3-2-4-13(15(12)23)20(24,25)26/h2-7H,8H2,1H3/p+1. The van der Waals surface area contributed by atoms with Gasteiger partial charge >= 0.3 is 11.7 Å². The average molecular weight is 550 g/mol. The minimum Gasteiger partial charge on any atom is -0.477 e. The van der Waals surface area contributed by atoms with Crippen molar-refractivity contribution in [3.05, 3.63) is 77.8 Å². The van der Waals surface area contributed by atoms with Gasteiger partial charge in [0.1, 0.15) is 18.6 Å². The largest absolute Gasteiger partial charge is 0.477 e. The lowest BCUT2D eigenvalue weighted by Crippen LogP contribution is -2.42. The molecule has 1 aromatic carbocycles. The van der Waals surface area contributed by atoms with E-state index >= 15 is 0 Å². The van der Waals surface area contributed by atoms with Crippen molar-refractivity contribution in [2.45, 2.75) is 19.6 Å². The molecule has 0 saturated carbocycles. The number of pyridine rings is 1. The van der Waals surface area contributed by atoms with Gasteiger partial charge in [-0.1, -0.05) is 23.7 Å². The summed E-state index contributed by atoms with van der Waals surface area (Å²) in [5, 5.41) is 11.0. The zero-order chi connectivity index (χ0) is 23.4. The third-order valence-corrected chi connectivity index (χ3v) is 6.30. The molecule has 0 aliphatic heterocycles. The lowest BCUT2D eigenvalue weighted by atomic mass is 10.0. The Morgan fingerprint density at radius 1 is 1.34 bits per heavy atom. The monoisotopic (exact) mass is 548 g/mol. The van der Waals surface area contributed by atoms with Crippen molar-refractivity contribution < 1.29 is 27.2 Å². The van der Waals surface area contributed by atoms with Gasteiger partial charge in [0.05, 0.1) is 14.9 Å². The van der Waals surface area contributed by atoms with Gasteiger partial charge in [-0.3, -0.25) is 0 Å². The Hall–Kier alpha value is -2.50. The van der Waals surface area contributed by atoms with Crippen molar-refractivity contribution in [1.29, 1.82) is 0 Å². The highest BCUT2D eigenvalue weighted by atomic mass is 79.9. The first-order valence-corrected chi connectivity index (χ1v) is 10.9. The number of halogens is 6. The third-order valence-electron chi connectivity index (χ3n) is 4.77. The van der Waals surface area contributed by atoms with E-state index in [4.69, 9.17) is 11.6 Å². The van der Waals surface area contributed by atoms with Crippen LogP contribution >= 0.6 is 38.9 Å². The quantitative estimate of drug-likeness (QED) is 0.277. The predicted octanol–water partition coefficient (Wildman–Crippen LogP) is 5.35. The van der Waals surface area contributed by atoms with Gasteiger partial charge in [0.25, 0.3) is 11.5 Å². The minimum atomic E-state index is -4.97. The molecule has 0 aliphatic carbocycles. The number of aromatic hydroxyl groups is 1. The molecule has 1 N–H and O–H groups in total. The number of rotatable bonds is 3. The van der Waals surface area contributed by atoms with E-state index in [1.165, 1.54) is 17.0 Å². The highest BCUT2D eigenvalue weighted by Gasteiger charge is 2.37. The maximum Gasteiger partial charge on any atom is 0.419 e. The molecule has 0 spiro atoms. The number of nitrogens with zero attached hydrogens (tertiary/aromatic N) is 3. The zero-order valence-electron chi connectivity index (χ0n) is 16.0. The first kappa shape index (κ1) is 22.7. The average Bonchev–Trinajstić information content (AvgIpc) is 3.10. The van der Waals surface area contributed by atoms with E-state index < -0.39 is 40.1 Å². The number of hydrogen-bond donors (Lipinski definition) is 1. The molecule has 0 radical (unpaired) electrons. The van der Waals surface area contributed by atoms with Crippen LogP contribution in [0.4, 0.5) is 17.6 Å². The van der Waals surface area contributed by atoms with Crippen molar-refractivity contribution >= 4 is 44.5 Å².